The first kappa shape index (κ1) is 24.2. The molecule has 0 atom stereocenters. The van der Waals surface area contributed by atoms with E-state index in [0.29, 0.717) is 41.3 Å². The molecule has 0 radical (unpaired) electrons. The summed E-state index contributed by atoms with van der Waals surface area (Å²) in [5.74, 6) is -0.251. The van der Waals surface area contributed by atoms with E-state index in [2.05, 4.69) is 34.8 Å². The Morgan fingerprint density at radius 2 is 2.00 bits per heavy atom. The van der Waals surface area contributed by atoms with E-state index < -0.39 is 5.82 Å². The highest BCUT2D eigenvalue weighted by molar-refractivity contribution is 6.09. The summed E-state index contributed by atoms with van der Waals surface area (Å²) in [6.45, 7) is 6.46. The van der Waals surface area contributed by atoms with E-state index in [1.807, 2.05) is 18.2 Å². The molecule has 1 fully saturated rings. The average molecular weight is 491 g/mol. The lowest BCUT2D eigenvalue weighted by Gasteiger charge is -2.37. The molecular formula is C28H31FN4O3. The highest BCUT2D eigenvalue weighted by Gasteiger charge is 2.30. The van der Waals surface area contributed by atoms with Gasteiger partial charge in [-0.05, 0) is 68.5 Å². The summed E-state index contributed by atoms with van der Waals surface area (Å²) in [6, 6.07) is 10.7. The van der Waals surface area contributed by atoms with Crippen LogP contribution in [0.1, 0.15) is 53.7 Å². The third-order valence-electron chi connectivity index (χ3n) is 6.71. The van der Waals surface area contributed by atoms with Gasteiger partial charge >= 0.3 is 0 Å². The van der Waals surface area contributed by atoms with Crippen molar-refractivity contribution in [1.29, 1.82) is 0 Å². The van der Waals surface area contributed by atoms with Crippen LogP contribution in [0.5, 0.6) is 5.75 Å². The third kappa shape index (κ3) is 5.05. The fourth-order valence-corrected chi connectivity index (χ4v) is 4.75. The number of ether oxygens (including phenoxy) is 1. The van der Waals surface area contributed by atoms with Crippen molar-refractivity contribution in [2.45, 2.75) is 64.8 Å². The monoisotopic (exact) mass is 490 g/mol. The van der Waals surface area contributed by atoms with Crippen molar-refractivity contribution in [3.63, 3.8) is 0 Å². The van der Waals surface area contributed by atoms with Crippen LogP contribution in [0.15, 0.2) is 42.6 Å². The molecule has 3 aromatic rings. The van der Waals surface area contributed by atoms with E-state index in [-0.39, 0.29) is 29.7 Å². The number of aromatic nitrogens is 1. The molecule has 1 aliphatic heterocycles. The third-order valence-corrected chi connectivity index (χ3v) is 6.71. The van der Waals surface area contributed by atoms with E-state index in [1.54, 1.807) is 19.2 Å². The van der Waals surface area contributed by atoms with Crippen LogP contribution in [-0.4, -0.2) is 34.1 Å². The maximum atomic E-state index is 14.5. The topological polar surface area (TPSA) is 95.5 Å². The lowest BCUT2D eigenvalue weighted by molar-refractivity contribution is -0.0500. The van der Waals surface area contributed by atoms with Gasteiger partial charge in [0.1, 0.15) is 17.4 Å². The number of carbonyl (C=O) groups excluding carboxylic acids is 1. The first-order chi connectivity index (χ1) is 17.3. The zero-order chi connectivity index (χ0) is 25.4. The number of rotatable bonds is 7. The van der Waals surface area contributed by atoms with Gasteiger partial charge in [-0.2, -0.15) is 0 Å². The van der Waals surface area contributed by atoms with Gasteiger partial charge in [-0.1, -0.05) is 12.1 Å². The molecule has 1 aliphatic carbocycles. The molecule has 8 heteroatoms. The van der Waals surface area contributed by atoms with Gasteiger partial charge in [0, 0.05) is 37.0 Å². The Hall–Kier alpha value is -3.49. The number of ketones is 1. The molecule has 4 N–H and O–H groups in total. The van der Waals surface area contributed by atoms with Gasteiger partial charge in [0.15, 0.2) is 5.78 Å². The fraction of sp³-hybridized carbons (Fsp3) is 0.357. The van der Waals surface area contributed by atoms with Gasteiger partial charge in [-0.25, -0.2) is 9.37 Å². The van der Waals surface area contributed by atoms with Crippen LogP contribution in [0.2, 0.25) is 0 Å². The molecule has 7 nitrogen and oxygen atoms in total. The number of nitrogens with zero attached hydrogens (tertiary/aromatic N) is 1. The number of anilines is 4. The smallest absolute Gasteiger partial charge is 0.173 e. The Labute approximate surface area is 210 Å². The van der Waals surface area contributed by atoms with Crippen LogP contribution in [0.25, 0.3) is 0 Å². The van der Waals surface area contributed by atoms with Gasteiger partial charge in [0.25, 0.3) is 0 Å². The van der Waals surface area contributed by atoms with Crippen molar-refractivity contribution in [3.8, 4) is 5.75 Å². The van der Waals surface area contributed by atoms with Crippen LogP contribution in [0.3, 0.4) is 0 Å². The Kier molecular flexibility index (Phi) is 6.64. The largest absolute Gasteiger partial charge is 0.508 e. The molecule has 2 heterocycles. The van der Waals surface area contributed by atoms with E-state index in [0.717, 1.165) is 29.7 Å². The molecule has 1 saturated carbocycles. The maximum absolute atomic E-state index is 14.5. The zero-order valence-corrected chi connectivity index (χ0v) is 20.7. The number of nitrogens with one attached hydrogen (secondary N) is 3. The first-order valence-corrected chi connectivity index (χ1v) is 12.3. The van der Waals surface area contributed by atoms with Gasteiger partial charge in [-0.15, -0.1) is 0 Å². The van der Waals surface area contributed by atoms with Gasteiger partial charge in [0.05, 0.1) is 29.1 Å². The minimum absolute atomic E-state index is 0.0260. The number of carbonyl (C=O) groups is 1. The summed E-state index contributed by atoms with van der Waals surface area (Å²) in [4.78, 5) is 17.7. The minimum atomic E-state index is -0.515. The van der Waals surface area contributed by atoms with Crippen LogP contribution in [-0.2, 0) is 17.7 Å². The number of phenols is 1. The maximum Gasteiger partial charge on any atom is 0.173 e. The minimum Gasteiger partial charge on any atom is -0.508 e. The summed E-state index contributed by atoms with van der Waals surface area (Å²) >= 11 is 0. The molecule has 5 rings (SSSR count). The second-order valence-corrected chi connectivity index (χ2v) is 9.90. The summed E-state index contributed by atoms with van der Waals surface area (Å²) < 4.78 is 20.4. The molecule has 0 unspecified atom stereocenters. The number of hydrogen-bond acceptors (Lipinski definition) is 7. The number of phenolic OH excluding ortho intramolecular Hbond substituents is 1. The van der Waals surface area contributed by atoms with Crippen molar-refractivity contribution in [2.75, 3.05) is 10.6 Å². The zero-order valence-electron chi connectivity index (χ0n) is 20.7. The lowest BCUT2D eigenvalue weighted by atomic mass is 9.89. The Morgan fingerprint density at radius 3 is 2.78 bits per heavy atom. The summed E-state index contributed by atoms with van der Waals surface area (Å²) in [7, 11) is 0. The second kappa shape index (κ2) is 9.87. The van der Waals surface area contributed by atoms with Gasteiger partial charge in [-0.3, -0.25) is 4.79 Å². The molecule has 36 heavy (non-hydrogen) atoms. The second-order valence-electron chi connectivity index (χ2n) is 9.90. The van der Waals surface area contributed by atoms with Crippen molar-refractivity contribution < 1.29 is 19.0 Å². The summed E-state index contributed by atoms with van der Waals surface area (Å²) in [5.41, 5.74) is 4.13. The van der Waals surface area contributed by atoms with Crippen molar-refractivity contribution in [2.24, 2.45) is 0 Å². The van der Waals surface area contributed by atoms with Crippen LogP contribution >= 0.6 is 0 Å². The highest BCUT2D eigenvalue weighted by Crippen LogP contribution is 2.36. The number of halogens is 1. The lowest BCUT2D eigenvalue weighted by Crippen LogP contribution is -2.45. The number of fused-ring (bicyclic) bond motifs is 2. The van der Waals surface area contributed by atoms with Gasteiger partial charge < -0.3 is 25.8 Å². The Bertz CT molecular complexity index is 1300. The Morgan fingerprint density at radius 1 is 1.19 bits per heavy atom. The normalized spacial score (nSPS) is 18.6. The molecule has 2 aliphatic rings. The van der Waals surface area contributed by atoms with Gasteiger partial charge in [0.2, 0.25) is 0 Å². The van der Waals surface area contributed by atoms with Crippen molar-refractivity contribution >= 4 is 28.7 Å². The average Bonchev–Trinajstić information content (AvgIpc) is 2.94. The first-order valence-electron chi connectivity index (χ1n) is 12.3. The van der Waals surface area contributed by atoms with Crippen LogP contribution in [0, 0.1) is 12.7 Å². The predicted molar refractivity (Wildman–Crippen MR) is 138 cm³/mol. The number of pyridine rings is 1. The number of benzene rings is 2. The number of hydrogen-bond donors (Lipinski definition) is 4. The molecule has 188 valence electrons. The van der Waals surface area contributed by atoms with Crippen molar-refractivity contribution in [3.05, 3.63) is 70.7 Å². The van der Waals surface area contributed by atoms with E-state index in [1.165, 1.54) is 12.1 Å². The molecule has 0 saturated heterocycles. The molecule has 2 aromatic carbocycles. The summed E-state index contributed by atoms with van der Waals surface area (Å²) in [6.07, 6.45) is 4.37. The fourth-order valence-electron chi connectivity index (χ4n) is 4.75. The molecular weight excluding hydrogens is 459 g/mol. The molecule has 0 bridgehead atoms. The predicted octanol–water partition coefficient (Wildman–Crippen LogP) is 5.51. The quantitative estimate of drug-likeness (QED) is 0.347. The Balaban J connectivity index is 1.31. The van der Waals surface area contributed by atoms with E-state index >= 15 is 0 Å². The molecule has 1 aromatic heterocycles. The number of Topliss-reactive ketones (excluding diaryl/α,β-unsaturated/α-hetero) is 1. The standard InChI is InChI=1S/C28H31FN4O3/c1-15(2)36-20-11-19(12-20)31-14-17-4-5-22-18(9-17)10-26(35)27-23(6-7-30-28(27)33-22)32-24-13-25(34)16(3)8-21(24)29/h4-9,13,15,19-20,31,34H,10-12,14H2,1-3H3,(H2,30,32,33). The SMILES string of the molecule is Cc1cc(F)c(Nc2ccnc3c2C(=O)Cc2cc(CNC4CC(OC(C)C)C4)ccc2N3)cc1O. The van der Waals surface area contributed by atoms with Crippen LogP contribution < -0.4 is 16.0 Å². The van der Waals surface area contributed by atoms with E-state index in [9.17, 15) is 14.3 Å². The summed E-state index contributed by atoms with van der Waals surface area (Å²) in [5, 5.41) is 19.8. The molecule has 0 amide bonds. The number of aryl methyl sites for hydroxylation is 1. The number of aromatic hydroxyl groups is 1. The van der Waals surface area contributed by atoms with Crippen LogP contribution in [0.4, 0.5) is 27.3 Å². The highest BCUT2D eigenvalue weighted by atomic mass is 19.1. The van der Waals surface area contributed by atoms with E-state index in [4.69, 9.17) is 4.74 Å². The molecule has 0 spiro atoms. The van der Waals surface area contributed by atoms with Crippen molar-refractivity contribution in [1.82, 2.24) is 10.3 Å².